The zero-order valence-electron chi connectivity index (χ0n) is 24.6. The van der Waals surface area contributed by atoms with Gasteiger partial charge in [0.05, 0.1) is 11.3 Å². The van der Waals surface area contributed by atoms with Gasteiger partial charge in [-0.3, -0.25) is 9.78 Å². The van der Waals surface area contributed by atoms with E-state index in [2.05, 4.69) is 70.2 Å². The minimum absolute atomic E-state index is 0. The number of ketones is 1. The fraction of sp³-hybridized carbons (Fsp3) is 0.514. The van der Waals surface area contributed by atoms with E-state index in [1.807, 2.05) is 0 Å². The maximum atomic E-state index is 12.2. The molecule has 1 radical (unpaired) electrons. The number of aliphatic hydroxyl groups is 1. The van der Waals surface area contributed by atoms with Gasteiger partial charge >= 0.3 is 0 Å². The molecule has 0 bridgehead atoms. The van der Waals surface area contributed by atoms with E-state index >= 15 is 0 Å². The van der Waals surface area contributed by atoms with Crippen molar-refractivity contribution in [2.75, 3.05) is 0 Å². The summed E-state index contributed by atoms with van der Waals surface area (Å²) in [6, 6.07) is 16.5. The fourth-order valence-corrected chi connectivity index (χ4v) is 6.78. The molecule has 1 heterocycles. The second-order valence-corrected chi connectivity index (χ2v) is 12.6. The molecule has 2 aromatic carbocycles. The van der Waals surface area contributed by atoms with Crippen LogP contribution in [-0.4, -0.2) is 15.9 Å². The summed E-state index contributed by atoms with van der Waals surface area (Å²) in [6.07, 6.45) is 12.6. The van der Waals surface area contributed by atoms with E-state index in [4.69, 9.17) is 4.98 Å². The van der Waals surface area contributed by atoms with Gasteiger partial charge in [0.1, 0.15) is 0 Å². The maximum absolute atomic E-state index is 12.2. The summed E-state index contributed by atoms with van der Waals surface area (Å²) in [7, 11) is 0. The molecule has 0 atom stereocenters. The minimum Gasteiger partial charge on any atom is -0.512 e. The molecule has 4 heteroatoms. The predicted molar refractivity (Wildman–Crippen MR) is 168 cm³/mol. The van der Waals surface area contributed by atoms with Crippen LogP contribution in [0, 0.1) is 43.6 Å². The van der Waals surface area contributed by atoms with Crippen LogP contribution in [0.4, 0.5) is 0 Å². The first-order valence-corrected chi connectivity index (χ1v) is 15.1. The normalized spacial score (nSPS) is 23.6. The van der Waals surface area contributed by atoms with Crippen LogP contribution >= 0.6 is 0 Å². The SMILES string of the molecule is C.CC1CCC(C(=O)C=C(O)C2CCC(C)CC2)CC1.Cc1[c-]c(-c2cc3c4c(cccc4n2)CC3)cc(C)c1.[Ir]. The number of pyridine rings is 1. The van der Waals surface area contributed by atoms with E-state index in [1.165, 1.54) is 40.5 Å². The number of aromatic nitrogens is 1. The van der Waals surface area contributed by atoms with Crippen LogP contribution in [0.25, 0.3) is 22.2 Å². The Bertz CT molecular complexity index is 1340. The van der Waals surface area contributed by atoms with Gasteiger partial charge in [-0.1, -0.05) is 79.0 Å². The summed E-state index contributed by atoms with van der Waals surface area (Å²) in [5, 5.41) is 11.5. The van der Waals surface area contributed by atoms with Crippen molar-refractivity contribution in [1.29, 1.82) is 0 Å². The Hall–Kier alpha value is -2.29. The van der Waals surface area contributed by atoms with Crippen molar-refractivity contribution in [3.05, 3.63) is 76.6 Å². The van der Waals surface area contributed by atoms with Gasteiger partial charge in [-0.25, -0.2) is 0 Å². The Labute approximate surface area is 261 Å². The van der Waals surface area contributed by atoms with E-state index in [1.54, 1.807) is 6.08 Å². The number of aryl methyl sites for hydroxylation is 4. The number of carbonyl (C=O) groups excluding carboxylic acids is 1. The van der Waals surface area contributed by atoms with Crippen LogP contribution in [-0.2, 0) is 37.7 Å². The average molecular weight is 731 g/mol. The van der Waals surface area contributed by atoms with Crippen molar-refractivity contribution >= 4 is 16.7 Å². The van der Waals surface area contributed by atoms with Crippen LogP contribution in [0.5, 0.6) is 0 Å². The molecule has 3 aliphatic rings. The second-order valence-electron chi connectivity index (χ2n) is 12.6. The third-order valence-electron chi connectivity index (χ3n) is 9.23. The Morgan fingerprint density at radius 1 is 0.878 bits per heavy atom. The standard InChI is InChI=1S/C19H16N.C17H28O2.CH4.Ir/c1-12-8-13(2)10-16(9-12)18-11-15-7-6-14-4-3-5-17(20-18)19(14)15;1-12-3-7-14(8-4-12)16(18)11-17(19)15-9-5-13(2)6-10-15;;/h3-5,8-9,11H,6-7H2,1-2H3;11-15,18H,3-10H2,1-2H3;1H4;/q-1;;;. The molecule has 3 nitrogen and oxygen atoms in total. The number of aliphatic hydroxyl groups excluding tert-OH is 1. The molecule has 0 unspecified atom stereocenters. The molecule has 3 aromatic rings. The maximum Gasteiger partial charge on any atom is 0.162 e. The summed E-state index contributed by atoms with van der Waals surface area (Å²) in [6.45, 7) is 8.75. The molecular formula is C37H48IrNO2-. The summed E-state index contributed by atoms with van der Waals surface area (Å²) in [5.41, 5.74) is 8.61. The first kappa shape index (κ1) is 33.2. The Balaban J connectivity index is 0.000000215. The Morgan fingerprint density at radius 3 is 2.12 bits per heavy atom. The summed E-state index contributed by atoms with van der Waals surface area (Å²) in [4.78, 5) is 17.0. The van der Waals surface area contributed by atoms with E-state index in [9.17, 15) is 9.90 Å². The van der Waals surface area contributed by atoms with E-state index in [0.717, 1.165) is 80.0 Å². The van der Waals surface area contributed by atoms with E-state index < -0.39 is 0 Å². The van der Waals surface area contributed by atoms with Crippen molar-refractivity contribution in [2.45, 2.75) is 99.3 Å². The quantitative estimate of drug-likeness (QED) is 0.165. The smallest absolute Gasteiger partial charge is 0.162 e. The van der Waals surface area contributed by atoms with Gasteiger partial charge in [0.15, 0.2) is 5.78 Å². The number of carbonyl (C=O) groups is 1. The molecule has 2 saturated carbocycles. The van der Waals surface area contributed by atoms with Gasteiger partial charge in [-0.2, -0.15) is 0 Å². The van der Waals surface area contributed by atoms with Crippen LogP contribution in [0.15, 0.2) is 48.2 Å². The number of hydrogen-bond acceptors (Lipinski definition) is 3. The van der Waals surface area contributed by atoms with Gasteiger partial charge in [0, 0.05) is 43.4 Å². The largest absolute Gasteiger partial charge is 0.512 e. The van der Waals surface area contributed by atoms with Gasteiger partial charge in [-0.05, 0) is 73.2 Å². The molecule has 1 N–H and O–H groups in total. The molecular weight excluding hydrogens is 683 g/mol. The van der Waals surface area contributed by atoms with Crippen molar-refractivity contribution < 1.29 is 30.0 Å². The second kappa shape index (κ2) is 14.7. The number of benzene rings is 2. The minimum atomic E-state index is 0. The molecule has 0 saturated heterocycles. The predicted octanol–water partition coefficient (Wildman–Crippen LogP) is 9.70. The summed E-state index contributed by atoms with van der Waals surface area (Å²) >= 11 is 0. The van der Waals surface area contributed by atoms with Crippen LogP contribution in [0.3, 0.4) is 0 Å². The van der Waals surface area contributed by atoms with Crippen molar-refractivity contribution in [2.24, 2.45) is 23.7 Å². The van der Waals surface area contributed by atoms with Gasteiger partial charge < -0.3 is 5.11 Å². The van der Waals surface area contributed by atoms with Crippen LogP contribution < -0.4 is 0 Å². The molecule has 223 valence electrons. The third-order valence-corrected chi connectivity index (χ3v) is 9.23. The molecule has 6 rings (SSSR count). The zero-order chi connectivity index (χ0) is 27.5. The van der Waals surface area contributed by atoms with Crippen LogP contribution in [0.2, 0.25) is 0 Å². The zero-order valence-corrected chi connectivity index (χ0v) is 27.0. The molecule has 0 aliphatic heterocycles. The number of hydrogen-bond donors (Lipinski definition) is 1. The summed E-state index contributed by atoms with van der Waals surface area (Å²) in [5.74, 6) is 2.48. The van der Waals surface area contributed by atoms with Gasteiger partial charge in [0.25, 0.3) is 0 Å². The molecule has 41 heavy (non-hydrogen) atoms. The Morgan fingerprint density at radius 2 is 1.49 bits per heavy atom. The molecule has 1 aromatic heterocycles. The van der Waals surface area contributed by atoms with Crippen LogP contribution in [0.1, 0.15) is 94.9 Å². The third kappa shape index (κ3) is 8.17. The molecule has 0 spiro atoms. The number of rotatable bonds is 4. The molecule has 3 aliphatic carbocycles. The van der Waals surface area contributed by atoms with E-state index in [-0.39, 0.29) is 45.2 Å². The average Bonchev–Trinajstić information content (AvgIpc) is 3.33. The number of nitrogens with zero attached hydrogens (tertiary/aromatic N) is 1. The first-order chi connectivity index (χ1) is 18.8. The fourth-order valence-electron chi connectivity index (χ4n) is 6.78. The van der Waals surface area contributed by atoms with Gasteiger partial charge in [0.2, 0.25) is 0 Å². The first-order valence-electron chi connectivity index (χ1n) is 15.1. The topological polar surface area (TPSA) is 50.2 Å². The van der Waals surface area contributed by atoms with E-state index in [0.29, 0.717) is 5.76 Å². The molecule has 2 fully saturated rings. The number of allylic oxidation sites excluding steroid dienone is 2. The van der Waals surface area contributed by atoms with Crippen molar-refractivity contribution in [1.82, 2.24) is 4.98 Å². The van der Waals surface area contributed by atoms with Crippen molar-refractivity contribution in [3.63, 3.8) is 0 Å². The van der Waals surface area contributed by atoms with Gasteiger partial charge in [-0.15, -0.1) is 34.9 Å². The van der Waals surface area contributed by atoms with Crippen molar-refractivity contribution in [3.8, 4) is 11.3 Å². The summed E-state index contributed by atoms with van der Waals surface area (Å²) < 4.78 is 0. The molecule has 0 amide bonds. The Kier molecular flexibility index (Phi) is 11.9. The monoisotopic (exact) mass is 731 g/mol.